The number of ether oxygens (including phenoxy) is 1. The Balaban J connectivity index is 1.64. The maximum Gasteiger partial charge on any atom is 0.314 e. The van der Waals surface area contributed by atoms with Crippen molar-refractivity contribution in [2.75, 3.05) is 13.1 Å². The number of aryl methyl sites for hydroxylation is 2. The molecule has 144 valence electrons. The number of rotatable bonds is 4. The van der Waals surface area contributed by atoms with Crippen molar-refractivity contribution in [2.45, 2.75) is 31.6 Å². The highest BCUT2D eigenvalue weighted by Crippen LogP contribution is 2.28. The van der Waals surface area contributed by atoms with Gasteiger partial charge in [0.2, 0.25) is 10.0 Å². The number of para-hydroxylation sites is 1. The van der Waals surface area contributed by atoms with Gasteiger partial charge in [0.15, 0.2) is 0 Å². The van der Waals surface area contributed by atoms with Crippen LogP contribution < -0.4 is 4.74 Å². The number of sulfonamides is 1. The fourth-order valence-corrected chi connectivity index (χ4v) is 4.70. The molecule has 0 unspecified atom stereocenters. The van der Waals surface area contributed by atoms with E-state index < -0.39 is 15.8 Å². The molecule has 7 heteroatoms. The highest BCUT2D eigenvalue weighted by atomic mass is 32.2. The number of carbonyl (C=O) groups excluding carboxylic acids is 1. The third kappa shape index (κ3) is 4.20. The summed E-state index contributed by atoms with van der Waals surface area (Å²) in [5.41, 5.74) is 1.78. The van der Waals surface area contributed by atoms with Gasteiger partial charge in [0.25, 0.3) is 0 Å². The minimum Gasteiger partial charge on any atom is -0.426 e. The molecule has 1 aliphatic heterocycles. The van der Waals surface area contributed by atoms with E-state index in [2.05, 4.69) is 0 Å². The molecule has 0 spiro atoms. The van der Waals surface area contributed by atoms with Crippen LogP contribution in [0.25, 0.3) is 0 Å². The van der Waals surface area contributed by atoms with Crippen LogP contribution in [0.5, 0.6) is 5.75 Å². The second-order valence-electron chi connectivity index (χ2n) is 6.77. The second kappa shape index (κ2) is 7.78. The molecule has 0 saturated carbocycles. The molecule has 0 amide bonds. The highest BCUT2D eigenvalue weighted by molar-refractivity contribution is 7.89. The maximum absolute atomic E-state index is 13.0. The van der Waals surface area contributed by atoms with E-state index in [0.29, 0.717) is 18.6 Å². The number of hydrogen-bond donors (Lipinski definition) is 0. The number of hydrogen-bond acceptors (Lipinski definition) is 4. The standard InChI is InChI=1S/C20H22FNO4S/c1-14-4-3-5-15(2)19(14)26-20(23)16-10-12-22(13-11-16)27(24,25)18-8-6-17(21)7-9-18/h3-9,16H,10-13H2,1-2H3. The van der Waals surface area contributed by atoms with Gasteiger partial charge in [-0.15, -0.1) is 0 Å². The number of piperidine rings is 1. The molecule has 1 aliphatic rings. The molecule has 0 radical (unpaired) electrons. The van der Waals surface area contributed by atoms with E-state index in [1.807, 2.05) is 32.0 Å². The predicted octanol–water partition coefficient (Wildman–Crippen LogP) is 3.45. The molecule has 5 nitrogen and oxygen atoms in total. The zero-order valence-electron chi connectivity index (χ0n) is 15.3. The van der Waals surface area contributed by atoms with Crippen LogP contribution in [0.4, 0.5) is 4.39 Å². The summed E-state index contributed by atoms with van der Waals surface area (Å²) in [5.74, 6) is -0.583. The third-order valence-corrected chi connectivity index (χ3v) is 6.76. The zero-order chi connectivity index (χ0) is 19.6. The Labute approximate surface area is 158 Å². The molecule has 0 aromatic heterocycles. The monoisotopic (exact) mass is 391 g/mol. The van der Waals surface area contributed by atoms with Crippen LogP contribution in [0.3, 0.4) is 0 Å². The van der Waals surface area contributed by atoms with Crippen LogP contribution in [-0.4, -0.2) is 31.8 Å². The lowest BCUT2D eigenvalue weighted by molar-refractivity contribution is -0.140. The molecular formula is C20H22FNO4S. The first-order chi connectivity index (χ1) is 12.8. The van der Waals surface area contributed by atoms with Crippen LogP contribution in [0.1, 0.15) is 24.0 Å². The van der Waals surface area contributed by atoms with E-state index in [0.717, 1.165) is 23.3 Å². The maximum atomic E-state index is 13.0. The fourth-order valence-electron chi connectivity index (χ4n) is 3.23. The zero-order valence-corrected chi connectivity index (χ0v) is 16.1. The summed E-state index contributed by atoms with van der Waals surface area (Å²) in [7, 11) is -3.69. The number of benzene rings is 2. The Bertz CT molecular complexity index is 913. The van der Waals surface area contributed by atoms with E-state index in [9.17, 15) is 17.6 Å². The van der Waals surface area contributed by atoms with Gasteiger partial charge >= 0.3 is 5.97 Å². The van der Waals surface area contributed by atoms with Crippen LogP contribution in [-0.2, 0) is 14.8 Å². The van der Waals surface area contributed by atoms with Crippen molar-refractivity contribution in [1.29, 1.82) is 0 Å². The largest absolute Gasteiger partial charge is 0.426 e. The number of nitrogens with zero attached hydrogens (tertiary/aromatic N) is 1. The molecule has 0 N–H and O–H groups in total. The van der Waals surface area contributed by atoms with Crippen LogP contribution >= 0.6 is 0 Å². The molecular weight excluding hydrogens is 369 g/mol. The summed E-state index contributed by atoms with van der Waals surface area (Å²) in [4.78, 5) is 12.6. The first kappa shape index (κ1) is 19.5. The smallest absolute Gasteiger partial charge is 0.314 e. The van der Waals surface area contributed by atoms with Gasteiger partial charge in [-0.3, -0.25) is 4.79 Å². The Hall–Kier alpha value is -2.25. The molecule has 0 bridgehead atoms. The SMILES string of the molecule is Cc1cccc(C)c1OC(=O)C1CCN(S(=O)(=O)c2ccc(F)cc2)CC1. The second-order valence-corrected chi connectivity index (χ2v) is 8.71. The highest BCUT2D eigenvalue weighted by Gasteiger charge is 2.33. The molecule has 1 fully saturated rings. The minimum atomic E-state index is -3.69. The van der Waals surface area contributed by atoms with E-state index in [-0.39, 0.29) is 29.9 Å². The van der Waals surface area contributed by atoms with Gasteiger partial charge < -0.3 is 4.74 Å². The quantitative estimate of drug-likeness (QED) is 0.592. The summed E-state index contributed by atoms with van der Waals surface area (Å²) in [6.07, 6.45) is 0.786. The summed E-state index contributed by atoms with van der Waals surface area (Å²) in [6, 6.07) is 10.4. The molecule has 0 atom stereocenters. The van der Waals surface area contributed by atoms with Gasteiger partial charge in [-0.05, 0) is 62.1 Å². The Kier molecular flexibility index (Phi) is 5.62. The summed E-state index contributed by atoms with van der Waals surface area (Å²) >= 11 is 0. The van der Waals surface area contributed by atoms with E-state index in [4.69, 9.17) is 4.74 Å². The molecule has 1 heterocycles. The van der Waals surface area contributed by atoms with Crippen molar-refractivity contribution < 1.29 is 22.3 Å². The van der Waals surface area contributed by atoms with Gasteiger partial charge in [0.1, 0.15) is 11.6 Å². The molecule has 1 saturated heterocycles. The summed E-state index contributed by atoms with van der Waals surface area (Å²) < 4.78 is 45.2. The van der Waals surface area contributed by atoms with Crippen molar-refractivity contribution in [2.24, 2.45) is 5.92 Å². The lowest BCUT2D eigenvalue weighted by Crippen LogP contribution is -2.41. The average molecular weight is 391 g/mol. The van der Waals surface area contributed by atoms with Crippen molar-refractivity contribution in [3.05, 3.63) is 59.4 Å². The van der Waals surface area contributed by atoms with E-state index >= 15 is 0 Å². The molecule has 27 heavy (non-hydrogen) atoms. The van der Waals surface area contributed by atoms with Gasteiger partial charge in [-0.1, -0.05) is 18.2 Å². The van der Waals surface area contributed by atoms with Crippen molar-refractivity contribution in [3.8, 4) is 5.75 Å². The van der Waals surface area contributed by atoms with Crippen LogP contribution in [0.2, 0.25) is 0 Å². The topological polar surface area (TPSA) is 63.7 Å². The first-order valence-corrected chi connectivity index (χ1v) is 10.3. The molecule has 3 rings (SSSR count). The van der Waals surface area contributed by atoms with Crippen LogP contribution in [0.15, 0.2) is 47.4 Å². The predicted molar refractivity (Wildman–Crippen MR) is 99.4 cm³/mol. The molecule has 0 aliphatic carbocycles. The van der Waals surface area contributed by atoms with Crippen molar-refractivity contribution in [3.63, 3.8) is 0 Å². The Morgan fingerprint density at radius 3 is 2.15 bits per heavy atom. The van der Waals surface area contributed by atoms with Gasteiger partial charge in [-0.2, -0.15) is 4.31 Å². The van der Waals surface area contributed by atoms with Gasteiger partial charge in [-0.25, -0.2) is 12.8 Å². The van der Waals surface area contributed by atoms with Crippen molar-refractivity contribution in [1.82, 2.24) is 4.31 Å². The normalized spacial score (nSPS) is 16.3. The first-order valence-electron chi connectivity index (χ1n) is 8.82. The minimum absolute atomic E-state index is 0.0560. The molecule has 2 aromatic rings. The lowest BCUT2D eigenvalue weighted by atomic mass is 9.98. The van der Waals surface area contributed by atoms with Crippen LogP contribution in [0, 0.1) is 25.6 Å². The summed E-state index contributed by atoms with van der Waals surface area (Å²) in [5, 5.41) is 0. The van der Waals surface area contributed by atoms with E-state index in [1.54, 1.807) is 0 Å². The number of esters is 1. The van der Waals surface area contributed by atoms with Crippen molar-refractivity contribution >= 4 is 16.0 Å². The molecule has 2 aromatic carbocycles. The average Bonchev–Trinajstić information content (AvgIpc) is 2.65. The fraction of sp³-hybridized carbons (Fsp3) is 0.350. The number of carbonyl (C=O) groups is 1. The van der Waals surface area contributed by atoms with Gasteiger partial charge in [0, 0.05) is 13.1 Å². The Morgan fingerprint density at radius 1 is 1.04 bits per heavy atom. The summed E-state index contributed by atoms with van der Waals surface area (Å²) in [6.45, 7) is 4.22. The number of halogens is 1. The Morgan fingerprint density at radius 2 is 1.59 bits per heavy atom. The third-order valence-electron chi connectivity index (χ3n) is 4.85. The van der Waals surface area contributed by atoms with Gasteiger partial charge in [0.05, 0.1) is 10.8 Å². The lowest BCUT2D eigenvalue weighted by Gasteiger charge is -2.30. The van der Waals surface area contributed by atoms with E-state index in [1.165, 1.54) is 16.4 Å².